The lowest BCUT2D eigenvalue weighted by Crippen LogP contribution is -2.14. The molecule has 0 heterocycles. The first-order valence-corrected chi connectivity index (χ1v) is 10.3. The second-order valence-corrected chi connectivity index (χ2v) is 7.03. The van der Waals surface area contributed by atoms with E-state index in [2.05, 4.69) is 20.8 Å². The molecule has 0 radical (unpaired) electrons. The van der Waals surface area contributed by atoms with Crippen molar-refractivity contribution in [1.29, 1.82) is 0 Å². The lowest BCUT2D eigenvalue weighted by atomic mass is 9.88. The Labute approximate surface area is 140 Å². The first kappa shape index (κ1) is 21.7. The first-order chi connectivity index (χ1) is 10.8. The maximum Gasteiger partial charge on any atom is 0.135 e. The van der Waals surface area contributed by atoms with E-state index in [4.69, 9.17) is 0 Å². The molecule has 1 atom stereocenters. The van der Waals surface area contributed by atoms with Crippen molar-refractivity contribution < 1.29 is 4.79 Å². The zero-order valence-electron chi connectivity index (χ0n) is 15.8. The Morgan fingerprint density at radius 1 is 0.591 bits per heavy atom. The second-order valence-electron chi connectivity index (χ2n) is 7.03. The summed E-state index contributed by atoms with van der Waals surface area (Å²) in [5.41, 5.74) is 0. The van der Waals surface area contributed by atoms with Crippen LogP contribution in [0.5, 0.6) is 0 Å². The van der Waals surface area contributed by atoms with Gasteiger partial charge in [0.2, 0.25) is 0 Å². The summed E-state index contributed by atoms with van der Waals surface area (Å²) in [4.78, 5) is 12.4. The molecular formula is C21H42O. The lowest BCUT2D eigenvalue weighted by Gasteiger charge is -2.16. The lowest BCUT2D eigenvalue weighted by molar-refractivity contribution is -0.123. The molecule has 0 rings (SSSR count). The fourth-order valence-electron chi connectivity index (χ4n) is 3.21. The maximum absolute atomic E-state index is 12.4. The van der Waals surface area contributed by atoms with Crippen LogP contribution in [0.1, 0.15) is 124 Å². The SMILES string of the molecule is CCCCCCCCC(CCCCCC)C(=O)CCCCC. The number of unbranched alkanes of at least 4 members (excludes halogenated alkanes) is 10. The molecular weight excluding hydrogens is 268 g/mol. The molecule has 22 heavy (non-hydrogen) atoms. The minimum Gasteiger partial charge on any atom is -0.299 e. The fraction of sp³-hybridized carbons (Fsp3) is 0.952. The molecule has 0 N–H and O–H groups in total. The second kappa shape index (κ2) is 17.0. The predicted octanol–water partition coefficient (Wildman–Crippen LogP) is 7.47. The Bertz CT molecular complexity index is 234. The molecule has 1 unspecified atom stereocenters. The van der Waals surface area contributed by atoms with Crippen LogP contribution < -0.4 is 0 Å². The molecule has 0 bridgehead atoms. The Kier molecular flexibility index (Phi) is 16.8. The summed E-state index contributed by atoms with van der Waals surface area (Å²) < 4.78 is 0. The standard InChI is InChI=1S/C21H42O/c1-4-7-10-12-13-16-18-20(17-15-11-8-5-2)21(22)19-14-9-6-3/h20H,4-19H2,1-3H3. The number of Topliss-reactive ketones (excluding diaryl/α,β-unsaturated/α-hetero) is 1. The van der Waals surface area contributed by atoms with E-state index in [1.54, 1.807) is 0 Å². The van der Waals surface area contributed by atoms with Gasteiger partial charge in [0.25, 0.3) is 0 Å². The minimum absolute atomic E-state index is 0.375. The Balaban J connectivity index is 3.95. The fourth-order valence-corrected chi connectivity index (χ4v) is 3.21. The Morgan fingerprint density at radius 2 is 1.00 bits per heavy atom. The van der Waals surface area contributed by atoms with Crippen LogP contribution in [0.2, 0.25) is 0 Å². The van der Waals surface area contributed by atoms with Gasteiger partial charge in [-0.2, -0.15) is 0 Å². The van der Waals surface area contributed by atoms with Crippen molar-refractivity contribution in [2.24, 2.45) is 5.92 Å². The van der Waals surface area contributed by atoms with Gasteiger partial charge in [-0.25, -0.2) is 0 Å². The highest BCUT2D eigenvalue weighted by Gasteiger charge is 2.17. The average molecular weight is 311 g/mol. The molecule has 0 aromatic carbocycles. The van der Waals surface area contributed by atoms with Crippen molar-refractivity contribution in [2.75, 3.05) is 0 Å². The van der Waals surface area contributed by atoms with Gasteiger partial charge in [-0.15, -0.1) is 0 Å². The molecule has 132 valence electrons. The quantitative estimate of drug-likeness (QED) is 0.255. The van der Waals surface area contributed by atoms with Gasteiger partial charge in [0.05, 0.1) is 0 Å². The maximum atomic E-state index is 12.4. The summed E-state index contributed by atoms with van der Waals surface area (Å²) in [6.45, 7) is 6.73. The molecule has 1 heteroatoms. The molecule has 0 aliphatic rings. The molecule has 0 saturated carbocycles. The Morgan fingerprint density at radius 3 is 1.55 bits per heavy atom. The van der Waals surface area contributed by atoms with Crippen molar-refractivity contribution >= 4 is 5.78 Å². The van der Waals surface area contributed by atoms with Crippen LogP contribution in [0.4, 0.5) is 0 Å². The average Bonchev–Trinajstić information content (AvgIpc) is 2.52. The number of hydrogen-bond donors (Lipinski definition) is 0. The van der Waals surface area contributed by atoms with Gasteiger partial charge in [-0.1, -0.05) is 97.8 Å². The van der Waals surface area contributed by atoms with Gasteiger partial charge in [-0.3, -0.25) is 4.79 Å². The van der Waals surface area contributed by atoms with E-state index in [-0.39, 0.29) is 0 Å². The zero-order chi connectivity index (χ0) is 16.5. The predicted molar refractivity (Wildman–Crippen MR) is 99.4 cm³/mol. The Hall–Kier alpha value is -0.330. The van der Waals surface area contributed by atoms with Gasteiger partial charge in [0.15, 0.2) is 0 Å². The zero-order valence-corrected chi connectivity index (χ0v) is 15.8. The van der Waals surface area contributed by atoms with Gasteiger partial charge in [0, 0.05) is 12.3 Å². The smallest absolute Gasteiger partial charge is 0.135 e. The van der Waals surface area contributed by atoms with Crippen LogP contribution in [0.25, 0.3) is 0 Å². The van der Waals surface area contributed by atoms with Gasteiger partial charge in [0.1, 0.15) is 5.78 Å². The minimum atomic E-state index is 0.375. The van der Waals surface area contributed by atoms with Crippen LogP contribution in [0.3, 0.4) is 0 Å². The number of ketones is 1. The summed E-state index contributed by atoms with van der Waals surface area (Å²) in [6.07, 6.45) is 19.9. The molecule has 0 fully saturated rings. The van der Waals surface area contributed by atoms with Crippen molar-refractivity contribution in [3.05, 3.63) is 0 Å². The van der Waals surface area contributed by atoms with E-state index in [0.29, 0.717) is 11.7 Å². The number of hydrogen-bond acceptors (Lipinski definition) is 1. The largest absolute Gasteiger partial charge is 0.299 e. The van der Waals surface area contributed by atoms with Crippen molar-refractivity contribution in [3.8, 4) is 0 Å². The molecule has 0 saturated heterocycles. The molecule has 0 aliphatic heterocycles. The molecule has 0 spiro atoms. The summed E-state index contributed by atoms with van der Waals surface area (Å²) in [5.74, 6) is 0.943. The molecule has 0 amide bonds. The highest BCUT2D eigenvalue weighted by atomic mass is 16.1. The van der Waals surface area contributed by atoms with Crippen LogP contribution in [0, 0.1) is 5.92 Å². The van der Waals surface area contributed by atoms with Crippen LogP contribution in [-0.4, -0.2) is 5.78 Å². The third-order valence-corrected chi connectivity index (χ3v) is 4.79. The molecule has 0 aromatic heterocycles. The van der Waals surface area contributed by atoms with Crippen molar-refractivity contribution in [2.45, 2.75) is 124 Å². The van der Waals surface area contributed by atoms with E-state index in [1.165, 1.54) is 77.0 Å². The first-order valence-electron chi connectivity index (χ1n) is 10.3. The molecule has 0 aromatic rings. The highest BCUT2D eigenvalue weighted by molar-refractivity contribution is 5.80. The van der Waals surface area contributed by atoms with E-state index < -0.39 is 0 Å². The summed E-state index contributed by atoms with van der Waals surface area (Å²) in [5, 5.41) is 0. The summed E-state index contributed by atoms with van der Waals surface area (Å²) >= 11 is 0. The topological polar surface area (TPSA) is 17.1 Å². The number of carbonyl (C=O) groups excluding carboxylic acids is 1. The van der Waals surface area contributed by atoms with Crippen LogP contribution in [-0.2, 0) is 4.79 Å². The van der Waals surface area contributed by atoms with Crippen molar-refractivity contribution in [3.63, 3.8) is 0 Å². The van der Waals surface area contributed by atoms with Crippen LogP contribution in [0.15, 0.2) is 0 Å². The normalized spacial score (nSPS) is 12.5. The van der Waals surface area contributed by atoms with E-state index in [9.17, 15) is 4.79 Å². The van der Waals surface area contributed by atoms with E-state index in [1.807, 2.05) is 0 Å². The highest BCUT2D eigenvalue weighted by Crippen LogP contribution is 2.22. The monoisotopic (exact) mass is 310 g/mol. The van der Waals surface area contributed by atoms with Crippen molar-refractivity contribution in [1.82, 2.24) is 0 Å². The van der Waals surface area contributed by atoms with Gasteiger partial charge < -0.3 is 0 Å². The summed E-state index contributed by atoms with van der Waals surface area (Å²) in [6, 6.07) is 0. The van der Waals surface area contributed by atoms with E-state index in [0.717, 1.165) is 25.7 Å². The van der Waals surface area contributed by atoms with E-state index >= 15 is 0 Å². The molecule has 1 nitrogen and oxygen atoms in total. The number of carbonyl (C=O) groups is 1. The third-order valence-electron chi connectivity index (χ3n) is 4.79. The van der Waals surface area contributed by atoms with Gasteiger partial charge >= 0.3 is 0 Å². The molecule has 0 aliphatic carbocycles. The summed E-state index contributed by atoms with van der Waals surface area (Å²) in [7, 11) is 0. The third kappa shape index (κ3) is 13.3. The van der Waals surface area contributed by atoms with Gasteiger partial charge in [-0.05, 0) is 19.3 Å². The number of rotatable bonds is 17. The van der Waals surface area contributed by atoms with Crippen LogP contribution >= 0.6 is 0 Å².